The van der Waals surface area contributed by atoms with Gasteiger partial charge in [-0.15, -0.1) is 0 Å². The Bertz CT molecular complexity index is 1410. The van der Waals surface area contributed by atoms with Gasteiger partial charge in [0.15, 0.2) is 11.6 Å². The van der Waals surface area contributed by atoms with Gasteiger partial charge in [-0.25, -0.2) is 8.78 Å². The molecule has 1 saturated carbocycles. The largest absolute Gasteiger partial charge is 0.453 e. The SMILES string of the molecule is CC1(C(=O)Nc2ccc(F)cc2)CC1.Cc1cc2nccc(Oc3ccc(NC=O)cc3F)c2cn1. The molecule has 1 fully saturated rings. The Morgan fingerprint density at radius 3 is 2.39 bits per heavy atom. The third kappa shape index (κ3) is 5.99. The van der Waals surface area contributed by atoms with Crippen LogP contribution in [0.3, 0.4) is 0 Å². The van der Waals surface area contributed by atoms with Crippen LogP contribution in [0.4, 0.5) is 20.2 Å². The average molecular weight is 491 g/mol. The van der Waals surface area contributed by atoms with Crippen LogP contribution in [0, 0.1) is 24.0 Å². The summed E-state index contributed by atoms with van der Waals surface area (Å²) < 4.78 is 32.2. The summed E-state index contributed by atoms with van der Waals surface area (Å²) in [5.41, 5.74) is 2.40. The molecule has 0 aliphatic heterocycles. The van der Waals surface area contributed by atoms with Gasteiger partial charge in [-0.05, 0) is 68.3 Å². The quantitative estimate of drug-likeness (QED) is 0.323. The molecule has 0 unspecified atom stereocenters. The molecule has 4 aromatic rings. The van der Waals surface area contributed by atoms with Crippen molar-refractivity contribution in [3.8, 4) is 11.5 Å². The molecule has 2 N–H and O–H groups in total. The van der Waals surface area contributed by atoms with Gasteiger partial charge in [0.05, 0.1) is 10.9 Å². The predicted molar refractivity (Wildman–Crippen MR) is 133 cm³/mol. The van der Waals surface area contributed by atoms with Crippen molar-refractivity contribution in [3.63, 3.8) is 0 Å². The number of nitrogens with zero attached hydrogens (tertiary/aromatic N) is 2. The highest BCUT2D eigenvalue weighted by Gasteiger charge is 2.44. The summed E-state index contributed by atoms with van der Waals surface area (Å²) >= 11 is 0. The van der Waals surface area contributed by atoms with Gasteiger partial charge >= 0.3 is 0 Å². The number of hydrogen-bond donors (Lipinski definition) is 2. The summed E-state index contributed by atoms with van der Waals surface area (Å²) in [5, 5.41) is 5.84. The number of carbonyl (C=O) groups is 2. The van der Waals surface area contributed by atoms with Crippen molar-refractivity contribution in [3.05, 3.63) is 84.3 Å². The zero-order chi connectivity index (χ0) is 25.7. The number of halogens is 2. The average Bonchev–Trinajstić information content (AvgIpc) is 3.61. The maximum atomic E-state index is 14.0. The normalized spacial score (nSPS) is 13.2. The first-order valence-corrected chi connectivity index (χ1v) is 11.2. The van der Waals surface area contributed by atoms with E-state index in [9.17, 15) is 18.4 Å². The molecule has 2 amide bonds. The summed E-state index contributed by atoms with van der Waals surface area (Å²) in [6.07, 6.45) is 5.62. The summed E-state index contributed by atoms with van der Waals surface area (Å²) in [7, 11) is 0. The number of fused-ring (bicyclic) bond motifs is 1. The van der Waals surface area contributed by atoms with E-state index in [0.29, 0.717) is 28.9 Å². The molecule has 0 atom stereocenters. The molecule has 2 heterocycles. The van der Waals surface area contributed by atoms with Crippen molar-refractivity contribution in [1.29, 1.82) is 0 Å². The van der Waals surface area contributed by atoms with Crippen LogP contribution >= 0.6 is 0 Å². The third-order valence-corrected chi connectivity index (χ3v) is 5.75. The standard InChI is InChI=1S/C16H12FN3O2.C11H12FNO/c1-10-6-14-12(8-19-10)15(4-5-18-14)22-16-3-2-11(20-9-21)7-13(16)17;1-11(6-7-11)10(14)13-9-4-2-8(12)3-5-9/h2-9H,1H3,(H,20,21);2-5H,6-7H2,1H3,(H,13,14). The van der Waals surface area contributed by atoms with Crippen molar-refractivity contribution >= 4 is 34.6 Å². The number of benzene rings is 2. The number of aromatic nitrogens is 2. The number of nitrogens with one attached hydrogen (secondary N) is 2. The summed E-state index contributed by atoms with van der Waals surface area (Å²) in [6.45, 7) is 3.80. The first kappa shape index (κ1) is 24.7. The van der Waals surface area contributed by atoms with E-state index in [-0.39, 0.29) is 22.9 Å². The summed E-state index contributed by atoms with van der Waals surface area (Å²) in [4.78, 5) is 30.4. The minimum Gasteiger partial charge on any atom is -0.453 e. The van der Waals surface area contributed by atoms with Gasteiger partial charge in [-0.3, -0.25) is 19.6 Å². The van der Waals surface area contributed by atoms with Crippen LogP contribution < -0.4 is 15.4 Å². The molecule has 0 radical (unpaired) electrons. The van der Waals surface area contributed by atoms with Crippen molar-refractivity contribution < 1.29 is 23.1 Å². The molecular weight excluding hydrogens is 466 g/mol. The maximum Gasteiger partial charge on any atom is 0.230 e. The van der Waals surface area contributed by atoms with Gasteiger partial charge in [0.2, 0.25) is 12.3 Å². The van der Waals surface area contributed by atoms with Crippen LogP contribution in [-0.4, -0.2) is 22.3 Å². The molecule has 9 heteroatoms. The molecule has 7 nitrogen and oxygen atoms in total. The Kier molecular flexibility index (Phi) is 7.19. The van der Waals surface area contributed by atoms with Gasteiger partial charge in [0.25, 0.3) is 0 Å². The van der Waals surface area contributed by atoms with E-state index in [2.05, 4.69) is 20.6 Å². The van der Waals surface area contributed by atoms with E-state index < -0.39 is 5.82 Å². The van der Waals surface area contributed by atoms with Crippen molar-refractivity contribution in [1.82, 2.24) is 9.97 Å². The minimum absolute atomic E-state index is 0.0316. The lowest BCUT2D eigenvalue weighted by atomic mass is 10.1. The minimum atomic E-state index is -0.572. The molecule has 0 spiro atoms. The van der Waals surface area contributed by atoms with E-state index in [1.165, 1.54) is 24.3 Å². The topological polar surface area (TPSA) is 93.2 Å². The fourth-order valence-electron chi connectivity index (χ4n) is 3.30. The summed E-state index contributed by atoms with van der Waals surface area (Å²) in [5.74, 6) is -0.307. The Hall–Kier alpha value is -4.40. The van der Waals surface area contributed by atoms with Crippen LogP contribution in [0.1, 0.15) is 25.5 Å². The number of anilines is 2. The first-order chi connectivity index (χ1) is 17.3. The number of hydrogen-bond acceptors (Lipinski definition) is 5. The molecule has 0 bridgehead atoms. The van der Waals surface area contributed by atoms with Crippen molar-refractivity contribution in [2.24, 2.45) is 5.41 Å². The van der Waals surface area contributed by atoms with E-state index in [0.717, 1.165) is 24.1 Å². The van der Waals surface area contributed by atoms with Crippen molar-refractivity contribution in [2.45, 2.75) is 26.7 Å². The molecule has 2 aromatic carbocycles. The lowest BCUT2D eigenvalue weighted by Crippen LogP contribution is -2.21. The molecule has 1 aliphatic rings. The van der Waals surface area contributed by atoms with E-state index in [4.69, 9.17) is 4.74 Å². The van der Waals surface area contributed by atoms with E-state index >= 15 is 0 Å². The van der Waals surface area contributed by atoms with E-state index in [1.807, 2.05) is 19.9 Å². The third-order valence-electron chi connectivity index (χ3n) is 5.75. The number of aryl methyl sites for hydroxylation is 1. The zero-order valence-electron chi connectivity index (χ0n) is 19.7. The van der Waals surface area contributed by atoms with Crippen molar-refractivity contribution in [2.75, 3.05) is 10.6 Å². The highest BCUT2D eigenvalue weighted by atomic mass is 19.1. The van der Waals surface area contributed by atoms with Gasteiger partial charge in [0, 0.05) is 40.9 Å². The Morgan fingerprint density at radius 2 is 1.72 bits per heavy atom. The lowest BCUT2D eigenvalue weighted by Gasteiger charge is -2.10. The molecular formula is C27H24F2N4O3. The van der Waals surface area contributed by atoms with Crippen LogP contribution in [0.2, 0.25) is 0 Å². The van der Waals surface area contributed by atoms with Gasteiger partial charge < -0.3 is 15.4 Å². The van der Waals surface area contributed by atoms with Crippen LogP contribution in [0.25, 0.3) is 10.9 Å². The number of ether oxygens (including phenoxy) is 1. The highest BCUT2D eigenvalue weighted by Crippen LogP contribution is 2.45. The van der Waals surface area contributed by atoms with E-state index in [1.54, 1.807) is 36.7 Å². The number of rotatable bonds is 6. The Labute approximate surface area is 206 Å². The predicted octanol–water partition coefficient (Wildman–Crippen LogP) is 6.00. The number of carbonyl (C=O) groups excluding carboxylic acids is 2. The molecule has 184 valence electrons. The monoisotopic (exact) mass is 490 g/mol. The number of amides is 2. The fraction of sp³-hybridized carbons (Fsp3) is 0.185. The maximum absolute atomic E-state index is 14.0. The lowest BCUT2D eigenvalue weighted by molar-refractivity contribution is -0.120. The first-order valence-electron chi connectivity index (χ1n) is 11.2. The smallest absolute Gasteiger partial charge is 0.230 e. The number of pyridine rings is 2. The van der Waals surface area contributed by atoms with Gasteiger partial charge in [-0.2, -0.15) is 0 Å². The van der Waals surface area contributed by atoms with Gasteiger partial charge in [-0.1, -0.05) is 6.92 Å². The zero-order valence-corrected chi connectivity index (χ0v) is 19.7. The second kappa shape index (κ2) is 10.5. The van der Waals surface area contributed by atoms with Crippen LogP contribution in [-0.2, 0) is 9.59 Å². The molecule has 1 aliphatic carbocycles. The molecule has 5 rings (SSSR count). The molecule has 0 saturated heterocycles. The summed E-state index contributed by atoms with van der Waals surface area (Å²) in [6, 6.07) is 13.5. The van der Waals surface area contributed by atoms with Crippen LogP contribution in [0.15, 0.2) is 67.0 Å². The highest BCUT2D eigenvalue weighted by molar-refractivity contribution is 5.96. The van der Waals surface area contributed by atoms with Crippen LogP contribution in [0.5, 0.6) is 11.5 Å². The van der Waals surface area contributed by atoms with Gasteiger partial charge in [0.1, 0.15) is 11.6 Å². The Morgan fingerprint density at radius 1 is 1.00 bits per heavy atom. The fourth-order valence-corrected chi connectivity index (χ4v) is 3.30. The molecule has 2 aromatic heterocycles. The molecule has 36 heavy (non-hydrogen) atoms. The second-order valence-electron chi connectivity index (χ2n) is 8.68. The Balaban J connectivity index is 0.000000187. The second-order valence-corrected chi connectivity index (χ2v) is 8.68.